The Hall–Kier alpha value is -1.01. The van der Waals surface area contributed by atoms with Crippen molar-refractivity contribution < 1.29 is 18.3 Å². The zero-order valence-corrected chi connectivity index (χ0v) is 13.2. The number of rotatable bonds is 7. The van der Waals surface area contributed by atoms with Crippen LogP contribution in [0, 0.1) is 11.6 Å². The third kappa shape index (κ3) is 4.83. The van der Waals surface area contributed by atoms with Crippen LogP contribution in [0.5, 0.6) is 0 Å². The lowest BCUT2D eigenvalue weighted by Gasteiger charge is -2.21. The van der Waals surface area contributed by atoms with Gasteiger partial charge in [0.1, 0.15) is 11.6 Å². The summed E-state index contributed by atoms with van der Waals surface area (Å²) in [7, 11) is 0. The average molecular weight is 350 g/mol. The van der Waals surface area contributed by atoms with Gasteiger partial charge in [0.2, 0.25) is 0 Å². The average Bonchev–Trinajstić information content (AvgIpc) is 2.39. The Morgan fingerprint density at radius 3 is 2.65 bits per heavy atom. The number of carbonyl (C=O) groups is 1. The third-order valence-electron chi connectivity index (χ3n) is 2.72. The van der Waals surface area contributed by atoms with Gasteiger partial charge in [-0.25, -0.2) is 8.78 Å². The van der Waals surface area contributed by atoms with E-state index >= 15 is 0 Å². The molecule has 0 N–H and O–H groups in total. The van der Waals surface area contributed by atoms with Crippen molar-refractivity contribution in [2.45, 2.75) is 26.8 Å². The zero-order valence-electron chi connectivity index (χ0n) is 11.6. The molecule has 0 atom stereocenters. The van der Waals surface area contributed by atoms with E-state index in [0.717, 1.165) is 6.42 Å². The predicted octanol–water partition coefficient (Wildman–Crippen LogP) is 3.50. The number of carbonyl (C=O) groups excluding carboxylic acids is 1. The van der Waals surface area contributed by atoms with Crippen LogP contribution >= 0.6 is 15.9 Å². The summed E-state index contributed by atoms with van der Waals surface area (Å²) in [6.45, 7) is 4.56. The third-order valence-corrected chi connectivity index (χ3v) is 3.33. The Kier molecular flexibility index (Phi) is 7.09. The first-order valence-corrected chi connectivity index (χ1v) is 7.29. The molecule has 6 heteroatoms. The molecule has 0 saturated carbocycles. The summed E-state index contributed by atoms with van der Waals surface area (Å²) in [5.74, 6) is -1.64. The van der Waals surface area contributed by atoms with Crippen LogP contribution in [0.2, 0.25) is 0 Å². The highest BCUT2D eigenvalue weighted by molar-refractivity contribution is 9.10. The van der Waals surface area contributed by atoms with Crippen LogP contribution in [-0.4, -0.2) is 30.6 Å². The van der Waals surface area contributed by atoms with Gasteiger partial charge in [0.15, 0.2) is 0 Å². The van der Waals surface area contributed by atoms with Crippen molar-refractivity contribution in [3.8, 4) is 0 Å². The van der Waals surface area contributed by atoms with Crippen molar-refractivity contribution in [2.75, 3.05) is 19.7 Å². The topological polar surface area (TPSA) is 29.5 Å². The summed E-state index contributed by atoms with van der Waals surface area (Å²) in [4.78, 5) is 13.2. The number of nitrogens with zero attached hydrogens (tertiary/aromatic N) is 1. The van der Waals surface area contributed by atoms with Crippen LogP contribution in [0.15, 0.2) is 16.6 Å². The first-order valence-electron chi connectivity index (χ1n) is 6.49. The van der Waals surface area contributed by atoms with Crippen LogP contribution in [0.1, 0.15) is 25.8 Å². The second-order valence-corrected chi connectivity index (χ2v) is 5.19. The molecular formula is C14H18BrF2NO2. The van der Waals surface area contributed by atoms with E-state index in [2.05, 4.69) is 15.9 Å². The Morgan fingerprint density at radius 1 is 1.35 bits per heavy atom. The van der Waals surface area contributed by atoms with Crippen molar-refractivity contribution in [3.63, 3.8) is 0 Å². The van der Waals surface area contributed by atoms with Gasteiger partial charge in [0.25, 0.3) is 0 Å². The number of esters is 1. The van der Waals surface area contributed by atoms with Gasteiger partial charge in [-0.05, 0) is 48.0 Å². The number of ether oxygens (including phenoxy) is 1. The minimum Gasteiger partial charge on any atom is -0.465 e. The molecular weight excluding hydrogens is 332 g/mol. The molecule has 0 fully saturated rings. The monoisotopic (exact) mass is 349 g/mol. The minimum atomic E-state index is -0.630. The lowest BCUT2D eigenvalue weighted by molar-refractivity contribution is -0.144. The van der Waals surface area contributed by atoms with E-state index in [4.69, 9.17) is 4.74 Å². The van der Waals surface area contributed by atoms with Crippen LogP contribution < -0.4 is 0 Å². The Labute approximate surface area is 126 Å². The maximum atomic E-state index is 13.9. The van der Waals surface area contributed by atoms with Gasteiger partial charge in [-0.2, -0.15) is 0 Å². The number of hydrogen-bond donors (Lipinski definition) is 0. The van der Waals surface area contributed by atoms with E-state index in [1.807, 2.05) is 6.92 Å². The fourth-order valence-electron chi connectivity index (χ4n) is 1.86. The second-order valence-electron chi connectivity index (χ2n) is 4.34. The molecule has 20 heavy (non-hydrogen) atoms. The van der Waals surface area contributed by atoms with Gasteiger partial charge >= 0.3 is 5.97 Å². The largest absolute Gasteiger partial charge is 0.465 e. The highest BCUT2D eigenvalue weighted by Gasteiger charge is 2.18. The molecule has 3 nitrogen and oxygen atoms in total. The fraction of sp³-hybridized carbons (Fsp3) is 0.500. The summed E-state index contributed by atoms with van der Waals surface area (Å²) in [6, 6.07) is 2.53. The summed E-state index contributed by atoms with van der Waals surface area (Å²) in [5, 5.41) is 0. The Bertz CT molecular complexity index is 469. The minimum absolute atomic E-state index is 0.0209. The molecule has 0 saturated heterocycles. The van der Waals surface area contributed by atoms with Crippen molar-refractivity contribution in [3.05, 3.63) is 33.8 Å². The zero-order chi connectivity index (χ0) is 15.1. The van der Waals surface area contributed by atoms with Gasteiger partial charge in [-0.3, -0.25) is 9.69 Å². The molecule has 0 spiro atoms. The van der Waals surface area contributed by atoms with E-state index < -0.39 is 17.6 Å². The standard InChI is InChI=1S/C14H18BrF2NO2/c1-3-7-18(9-13(19)20-4-2)8-10-12(16)6-5-11(15)14(10)17/h5-6H,3-4,7-9H2,1-2H3. The normalized spacial score (nSPS) is 10.9. The van der Waals surface area contributed by atoms with Gasteiger partial charge in [0.05, 0.1) is 17.6 Å². The van der Waals surface area contributed by atoms with Crippen LogP contribution in [0.25, 0.3) is 0 Å². The molecule has 0 aliphatic carbocycles. The van der Waals surface area contributed by atoms with E-state index in [9.17, 15) is 13.6 Å². The van der Waals surface area contributed by atoms with Crippen molar-refractivity contribution in [1.82, 2.24) is 4.90 Å². The van der Waals surface area contributed by atoms with Gasteiger partial charge < -0.3 is 4.74 Å². The molecule has 0 aliphatic heterocycles. The second kappa shape index (κ2) is 8.32. The van der Waals surface area contributed by atoms with Gasteiger partial charge in [0, 0.05) is 12.1 Å². The van der Waals surface area contributed by atoms with Crippen LogP contribution in [0.3, 0.4) is 0 Å². The number of benzene rings is 1. The maximum absolute atomic E-state index is 13.9. The summed E-state index contributed by atoms with van der Waals surface area (Å²) in [5.41, 5.74) is -0.0443. The van der Waals surface area contributed by atoms with E-state index in [0.29, 0.717) is 13.2 Å². The number of halogens is 3. The molecule has 0 radical (unpaired) electrons. The lowest BCUT2D eigenvalue weighted by atomic mass is 10.2. The lowest BCUT2D eigenvalue weighted by Crippen LogP contribution is -2.32. The predicted molar refractivity (Wildman–Crippen MR) is 76.3 cm³/mol. The van der Waals surface area contributed by atoms with Crippen molar-refractivity contribution >= 4 is 21.9 Å². The summed E-state index contributed by atoms with van der Waals surface area (Å²) in [6.07, 6.45) is 0.774. The maximum Gasteiger partial charge on any atom is 0.320 e. The quantitative estimate of drug-likeness (QED) is 0.557. The summed E-state index contributed by atoms with van der Waals surface area (Å²) >= 11 is 3.03. The first-order chi connectivity index (χ1) is 9.49. The molecule has 1 aromatic rings. The van der Waals surface area contributed by atoms with E-state index in [1.165, 1.54) is 12.1 Å². The summed E-state index contributed by atoms with van der Waals surface area (Å²) < 4.78 is 32.7. The highest BCUT2D eigenvalue weighted by atomic mass is 79.9. The van der Waals surface area contributed by atoms with E-state index in [-0.39, 0.29) is 23.1 Å². The molecule has 0 unspecified atom stereocenters. The molecule has 0 amide bonds. The van der Waals surface area contributed by atoms with Crippen molar-refractivity contribution in [2.24, 2.45) is 0 Å². The Morgan fingerprint density at radius 2 is 2.05 bits per heavy atom. The smallest absolute Gasteiger partial charge is 0.320 e. The van der Waals surface area contributed by atoms with Crippen LogP contribution in [0.4, 0.5) is 8.78 Å². The van der Waals surface area contributed by atoms with Gasteiger partial charge in [-0.15, -0.1) is 0 Å². The molecule has 0 heterocycles. The number of hydrogen-bond acceptors (Lipinski definition) is 3. The highest BCUT2D eigenvalue weighted by Crippen LogP contribution is 2.23. The Balaban J connectivity index is 2.85. The molecule has 1 rings (SSSR count). The van der Waals surface area contributed by atoms with Crippen molar-refractivity contribution in [1.29, 1.82) is 0 Å². The SMILES string of the molecule is CCCN(CC(=O)OCC)Cc1c(F)ccc(Br)c1F. The molecule has 112 valence electrons. The van der Waals surface area contributed by atoms with Crippen LogP contribution in [-0.2, 0) is 16.1 Å². The molecule has 0 aliphatic rings. The molecule has 1 aromatic carbocycles. The van der Waals surface area contributed by atoms with E-state index in [1.54, 1.807) is 11.8 Å². The molecule has 0 aromatic heterocycles. The fourth-order valence-corrected chi connectivity index (χ4v) is 2.23. The molecule has 0 bridgehead atoms. The van der Waals surface area contributed by atoms with Gasteiger partial charge in [-0.1, -0.05) is 6.92 Å². The first kappa shape index (κ1) is 17.0.